The molecule has 7 nitrogen and oxygen atoms in total. The molecular formula is C17H27NO6S. The first-order chi connectivity index (χ1) is 11.7. The van der Waals surface area contributed by atoms with Crippen molar-refractivity contribution in [2.75, 3.05) is 19.8 Å². The summed E-state index contributed by atoms with van der Waals surface area (Å²) in [5.74, 6) is 0.561. The van der Waals surface area contributed by atoms with Gasteiger partial charge < -0.3 is 24.4 Å². The minimum Gasteiger partial charge on any atom is -0.464 e. The molecule has 0 aliphatic heterocycles. The van der Waals surface area contributed by atoms with Crippen LogP contribution in [-0.2, 0) is 19.0 Å². The SMILES string of the molecule is C#CCCOC(C)COC(C(=O)OCC)c1cscn1.CC(C)(O)O. The zero-order valence-electron chi connectivity index (χ0n) is 15.1. The predicted octanol–water partition coefficient (Wildman–Crippen LogP) is 1.90. The summed E-state index contributed by atoms with van der Waals surface area (Å²) in [4.78, 5) is 16.0. The molecule has 2 unspecified atom stereocenters. The van der Waals surface area contributed by atoms with Crippen molar-refractivity contribution in [3.8, 4) is 12.3 Å². The summed E-state index contributed by atoms with van der Waals surface area (Å²) in [5.41, 5.74) is 2.21. The molecule has 2 atom stereocenters. The number of terminal acetylenes is 1. The molecule has 25 heavy (non-hydrogen) atoms. The van der Waals surface area contributed by atoms with Crippen molar-refractivity contribution in [2.24, 2.45) is 0 Å². The van der Waals surface area contributed by atoms with E-state index in [0.717, 1.165) is 0 Å². The topological polar surface area (TPSA) is 98.1 Å². The van der Waals surface area contributed by atoms with Gasteiger partial charge in [0, 0.05) is 11.8 Å². The molecule has 2 N–H and O–H groups in total. The summed E-state index contributed by atoms with van der Waals surface area (Å²) in [6.07, 6.45) is 4.74. The van der Waals surface area contributed by atoms with Gasteiger partial charge in [0.05, 0.1) is 37.1 Å². The first-order valence-electron chi connectivity index (χ1n) is 7.85. The second-order valence-electron chi connectivity index (χ2n) is 5.51. The van der Waals surface area contributed by atoms with Gasteiger partial charge in [0.2, 0.25) is 0 Å². The molecule has 0 saturated heterocycles. The van der Waals surface area contributed by atoms with E-state index in [1.54, 1.807) is 17.8 Å². The van der Waals surface area contributed by atoms with Crippen LogP contribution in [0.15, 0.2) is 10.9 Å². The molecule has 0 aliphatic rings. The van der Waals surface area contributed by atoms with Crippen LogP contribution in [-0.4, -0.2) is 52.9 Å². The van der Waals surface area contributed by atoms with Crippen LogP contribution in [0.1, 0.15) is 45.9 Å². The van der Waals surface area contributed by atoms with Crippen molar-refractivity contribution in [1.29, 1.82) is 0 Å². The van der Waals surface area contributed by atoms with E-state index in [-0.39, 0.29) is 12.7 Å². The maximum Gasteiger partial charge on any atom is 0.341 e. The normalized spacial score (nSPS) is 13.2. The van der Waals surface area contributed by atoms with Gasteiger partial charge in [-0.2, -0.15) is 0 Å². The summed E-state index contributed by atoms with van der Waals surface area (Å²) >= 11 is 1.40. The first-order valence-corrected chi connectivity index (χ1v) is 8.79. The number of carbonyl (C=O) groups excluding carboxylic acids is 1. The average Bonchev–Trinajstić information content (AvgIpc) is 3.00. The number of aromatic nitrogens is 1. The van der Waals surface area contributed by atoms with Crippen molar-refractivity contribution in [3.63, 3.8) is 0 Å². The van der Waals surface area contributed by atoms with Crippen LogP contribution in [0.5, 0.6) is 0 Å². The number of esters is 1. The van der Waals surface area contributed by atoms with Gasteiger partial charge in [-0.25, -0.2) is 9.78 Å². The minimum atomic E-state index is -1.50. The Labute approximate surface area is 152 Å². The van der Waals surface area contributed by atoms with Crippen molar-refractivity contribution in [3.05, 3.63) is 16.6 Å². The molecule has 0 amide bonds. The summed E-state index contributed by atoms with van der Waals surface area (Å²) in [6.45, 7) is 7.26. The lowest BCUT2D eigenvalue weighted by Gasteiger charge is -2.18. The molecule has 0 bridgehead atoms. The third kappa shape index (κ3) is 13.5. The van der Waals surface area contributed by atoms with Crippen molar-refractivity contribution < 1.29 is 29.2 Å². The number of nitrogens with zero attached hydrogens (tertiary/aromatic N) is 1. The van der Waals surface area contributed by atoms with Gasteiger partial charge in [-0.1, -0.05) is 0 Å². The van der Waals surface area contributed by atoms with E-state index < -0.39 is 17.9 Å². The fraction of sp³-hybridized carbons (Fsp3) is 0.647. The summed E-state index contributed by atoms with van der Waals surface area (Å²) in [5, 5.41) is 17.9. The van der Waals surface area contributed by atoms with Gasteiger partial charge in [-0.15, -0.1) is 23.7 Å². The van der Waals surface area contributed by atoms with Crippen LogP contribution in [0.4, 0.5) is 0 Å². The monoisotopic (exact) mass is 373 g/mol. The van der Waals surface area contributed by atoms with Crippen molar-refractivity contribution in [2.45, 2.75) is 52.1 Å². The highest BCUT2D eigenvalue weighted by molar-refractivity contribution is 7.07. The van der Waals surface area contributed by atoms with E-state index in [2.05, 4.69) is 10.9 Å². The fourth-order valence-corrected chi connectivity index (χ4v) is 2.01. The zero-order valence-corrected chi connectivity index (χ0v) is 15.9. The second-order valence-corrected chi connectivity index (χ2v) is 6.23. The van der Waals surface area contributed by atoms with Gasteiger partial charge in [-0.05, 0) is 27.7 Å². The molecule has 1 rings (SSSR count). The lowest BCUT2D eigenvalue weighted by Crippen LogP contribution is -2.24. The Hall–Kier alpha value is -1.50. The van der Waals surface area contributed by atoms with E-state index in [4.69, 9.17) is 30.8 Å². The minimum absolute atomic E-state index is 0.154. The smallest absolute Gasteiger partial charge is 0.341 e. The van der Waals surface area contributed by atoms with Crippen LogP contribution in [0, 0.1) is 12.3 Å². The van der Waals surface area contributed by atoms with Crippen LogP contribution < -0.4 is 0 Å². The lowest BCUT2D eigenvalue weighted by atomic mass is 10.3. The molecule has 142 valence electrons. The highest BCUT2D eigenvalue weighted by atomic mass is 32.1. The first kappa shape index (κ1) is 23.5. The van der Waals surface area contributed by atoms with Gasteiger partial charge in [-0.3, -0.25) is 0 Å². The number of ether oxygens (including phenoxy) is 3. The molecule has 8 heteroatoms. The third-order valence-electron chi connectivity index (χ3n) is 2.37. The summed E-state index contributed by atoms with van der Waals surface area (Å²) in [7, 11) is 0. The molecular weight excluding hydrogens is 346 g/mol. The Morgan fingerprint density at radius 1 is 1.44 bits per heavy atom. The third-order valence-corrected chi connectivity index (χ3v) is 2.97. The molecule has 0 aliphatic carbocycles. The van der Waals surface area contributed by atoms with Gasteiger partial charge in [0.1, 0.15) is 0 Å². The molecule has 1 aromatic rings. The Bertz CT molecular complexity index is 500. The molecule has 0 spiro atoms. The van der Waals surface area contributed by atoms with E-state index in [1.807, 2.05) is 6.92 Å². The van der Waals surface area contributed by atoms with Crippen LogP contribution in [0.2, 0.25) is 0 Å². The quantitative estimate of drug-likeness (QED) is 0.295. The number of thiazole rings is 1. The zero-order chi connectivity index (χ0) is 19.3. The van der Waals surface area contributed by atoms with Gasteiger partial charge in [0.25, 0.3) is 0 Å². The molecule has 0 saturated carbocycles. The van der Waals surface area contributed by atoms with E-state index in [9.17, 15) is 4.79 Å². The maximum atomic E-state index is 11.9. The van der Waals surface area contributed by atoms with Gasteiger partial charge in [0.15, 0.2) is 11.9 Å². The molecule has 0 fully saturated rings. The number of rotatable bonds is 9. The largest absolute Gasteiger partial charge is 0.464 e. The van der Waals surface area contributed by atoms with E-state index in [0.29, 0.717) is 25.3 Å². The number of hydrogen-bond acceptors (Lipinski definition) is 8. The molecule has 1 heterocycles. The highest BCUT2D eigenvalue weighted by Crippen LogP contribution is 2.19. The predicted molar refractivity (Wildman–Crippen MR) is 94.8 cm³/mol. The van der Waals surface area contributed by atoms with Crippen molar-refractivity contribution in [1.82, 2.24) is 4.98 Å². The molecule has 0 radical (unpaired) electrons. The molecule has 1 aromatic heterocycles. The van der Waals surface area contributed by atoms with Gasteiger partial charge >= 0.3 is 5.97 Å². The maximum absolute atomic E-state index is 11.9. The summed E-state index contributed by atoms with van der Waals surface area (Å²) in [6, 6.07) is 0. The Balaban J connectivity index is 0.00000101. The second kappa shape index (κ2) is 12.8. The number of hydrogen-bond donors (Lipinski definition) is 2. The average molecular weight is 373 g/mol. The summed E-state index contributed by atoms with van der Waals surface area (Å²) < 4.78 is 16.0. The van der Waals surface area contributed by atoms with E-state index >= 15 is 0 Å². The van der Waals surface area contributed by atoms with Crippen LogP contribution >= 0.6 is 11.3 Å². The number of carbonyl (C=O) groups is 1. The van der Waals surface area contributed by atoms with Crippen LogP contribution in [0.3, 0.4) is 0 Å². The highest BCUT2D eigenvalue weighted by Gasteiger charge is 2.25. The Morgan fingerprint density at radius 3 is 2.56 bits per heavy atom. The molecule has 0 aromatic carbocycles. The Morgan fingerprint density at radius 2 is 2.08 bits per heavy atom. The standard InChI is InChI=1S/C14H19NO4S.C3H8O2/c1-4-6-7-18-11(3)8-19-13(14(16)17-5-2)12-9-20-10-15-12;1-3(2,4)5/h1,9-11,13H,5-8H2,2-3H3;4-5H,1-2H3. The van der Waals surface area contributed by atoms with Crippen molar-refractivity contribution >= 4 is 17.3 Å². The fourth-order valence-electron chi connectivity index (χ4n) is 1.44. The van der Waals surface area contributed by atoms with E-state index in [1.165, 1.54) is 25.2 Å². The lowest BCUT2D eigenvalue weighted by molar-refractivity contribution is -0.160. The van der Waals surface area contributed by atoms with Crippen LogP contribution in [0.25, 0.3) is 0 Å². The number of aliphatic hydroxyl groups is 2. The Kier molecular flexibility index (Phi) is 12.0.